The SMILES string of the molecule is CC1(C)C2=CC(NCCCC(=O)NCCCN)C=CC2=Cc2ccc(N)cc21. The van der Waals surface area contributed by atoms with E-state index >= 15 is 0 Å². The zero-order valence-corrected chi connectivity index (χ0v) is 16.9. The van der Waals surface area contributed by atoms with Crippen molar-refractivity contribution >= 4 is 17.7 Å². The average Bonchev–Trinajstić information content (AvgIpc) is 2.67. The molecule has 0 fully saturated rings. The molecule has 0 radical (unpaired) electrons. The van der Waals surface area contributed by atoms with Crippen LogP contribution in [0.4, 0.5) is 5.69 Å². The van der Waals surface area contributed by atoms with Gasteiger partial charge in [-0.25, -0.2) is 0 Å². The number of allylic oxidation sites excluding steroid dienone is 3. The van der Waals surface area contributed by atoms with Crippen LogP contribution in [0.3, 0.4) is 0 Å². The van der Waals surface area contributed by atoms with Crippen LogP contribution in [-0.4, -0.2) is 31.6 Å². The lowest BCUT2D eigenvalue weighted by Crippen LogP contribution is -2.34. The number of hydrogen-bond acceptors (Lipinski definition) is 4. The maximum Gasteiger partial charge on any atom is 0.220 e. The van der Waals surface area contributed by atoms with Crippen LogP contribution in [0.5, 0.6) is 0 Å². The summed E-state index contributed by atoms with van der Waals surface area (Å²) in [6.45, 7) is 6.58. The fourth-order valence-corrected chi connectivity index (χ4v) is 3.94. The van der Waals surface area contributed by atoms with Crippen LogP contribution < -0.4 is 22.1 Å². The number of nitrogens with two attached hydrogens (primary N) is 2. The lowest BCUT2D eigenvalue weighted by Gasteiger charge is -2.37. The van der Waals surface area contributed by atoms with Gasteiger partial charge in [-0.05, 0) is 66.4 Å². The third-order valence-electron chi connectivity index (χ3n) is 5.54. The van der Waals surface area contributed by atoms with Crippen LogP contribution >= 0.6 is 0 Å². The van der Waals surface area contributed by atoms with Crippen molar-refractivity contribution in [3.05, 3.63) is 58.7 Å². The first-order valence-corrected chi connectivity index (χ1v) is 10.1. The lowest BCUT2D eigenvalue weighted by molar-refractivity contribution is -0.121. The van der Waals surface area contributed by atoms with Gasteiger partial charge in [0.15, 0.2) is 0 Å². The van der Waals surface area contributed by atoms with Crippen LogP contribution in [0.15, 0.2) is 47.6 Å². The zero-order chi connectivity index (χ0) is 20.1. The van der Waals surface area contributed by atoms with E-state index in [-0.39, 0.29) is 17.4 Å². The van der Waals surface area contributed by atoms with Crippen LogP contribution in [0, 0.1) is 0 Å². The summed E-state index contributed by atoms with van der Waals surface area (Å²) in [6, 6.07) is 6.33. The molecule has 28 heavy (non-hydrogen) atoms. The first kappa shape index (κ1) is 20.4. The van der Waals surface area contributed by atoms with Gasteiger partial charge >= 0.3 is 0 Å². The number of hydrogen-bond donors (Lipinski definition) is 4. The summed E-state index contributed by atoms with van der Waals surface area (Å²) >= 11 is 0. The van der Waals surface area contributed by atoms with Gasteiger partial charge in [0, 0.05) is 30.1 Å². The summed E-state index contributed by atoms with van der Waals surface area (Å²) in [5, 5.41) is 6.43. The fourth-order valence-electron chi connectivity index (χ4n) is 3.94. The molecule has 1 amide bonds. The molecule has 1 aromatic carbocycles. The number of amides is 1. The molecule has 1 unspecified atom stereocenters. The van der Waals surface area contributed by atoms with Gasteiger partial charge < -0.3 is 22.1 Å². The summed E-state index contributed by atoms with van der Waals surface area (Å²) in [5.74, 6) is 0.0978. The van der Waals surface area contributed by atoms with Gasteiger partial charge in [-0.2, -0.15) is 0 Å². The second-order valence-corrected chi connectivity index (χ2v) is 8.09. The molecule has 0 bridgehead atoms. The van der Waals surface area contributed by atoms with E-state index in [1.807, 2.05) is 6.07 Å². The van der Waals surface area contributed by atoms with Crippen molar-refractivity contribution in [1.29, 1.82) is 0 Å². The number of carbonyl (C=O) groups excluding carboxylic acids is 1. The second-order valence-electron chi connectivity index (χ2n) is 8.09. The highest BCUT2D eigenvalue weighted by Gasteiger charge is 2.34. The van der Waals surface area contributed by atoms with Gasteiger partial charge in [0.25, 0.3) is 0 Å². The smallest absolute Gasteiger partial charge is 0.220 e. The maximum atomic E-state index is 11.8. The number of anilines is 1. The normalized spacial score (nSPS) is 19.3. The molecule has 150 valence electrons. The maximum absolute atomic E-state index is 11.8. The number of nitrogens with one attached hydrogen (secondary N) is 2. The van der Waals surface area contributed by atoms with Gasteiger partial charge in [-0.1, -0.05) is 38.1 Å². The topological polar surface area (TPSA) is 93.2 Å². The molecular formula is C23H32N4O. The Bertz CT molecular complexity index is 820. The molecule has 3 rings (SSSR count). The highest BCUT2D eigenvalue weighted by Crippen LogP contribution is 2.45. The monoisotopic (exact) mass is 380 g/mol. The minimum Gasteiger partial charge on any atom is -0.399 e. The van der Waals surface area contributed by atoms with E-state index in [0.717, 1.165) is 25.1 Å². The average molecular weight is 381 g/mol. The Morgan fingerprint density at radius 2 is 2.04 bits per heavy atom. The minimum atomic E-state index is -0.0949. The molecule has 0 aliphatic heterocycles. The fraction of sp³-hybridized carbons (Fsp3) is 0.435. The standard InChI is InChI=1S/C23H32N4O/c1-23(2)20-14-18(25)8-6-16(20)13-17-7-9-19(15-21(17)23)26-11-3-5-22(28)27-12-4-10-24/h6-9,13-15,19,26H,3-5,10-12,24-25H2,1-2H3,(H,27,28). The molecule has 1 aromatic rings. The van der Waals surface area contributed by atoms with E-state index in [2.05, 4.69) is 60.9 Å². The number of benzene rings is 1. The molecule has 6 N–H and O–H groups in total. The van der Waals surface area contributed by atoms with Gasteiger partial charge in [-0.3, -0.25) is 4.79 Å². The molecule has 5 heteroatoms. The number of rotatable bonds is 8. The molecule has 2 aliphatic carbocycles. The van der Waals surface area contributed by atoms with Crippen molar-refractivity contribution in [1.82, 2.24) is 10.6 Å². The largest absolute Gasteiger partial charge is 0.399 e. The summed E-state index contributed by atoms with van der Waals surface area (Å²) < 4.78 is 0. The van der Waals surface area contributed by atoms with Crippen LogP contribution in [0.25, 0.3) is 6.08 Å². The Kier molecular flexibility index (Phi) is 6.37. The molecule has 5 nitrogen and oxygen atoms in total. The Morgan fingerprint density at radius 1 is 1.21 bits per heavy atom. The van der Waals surface area contributed by atoms with E-state index in [1.54, 1.807) is 0 Å². The van der Waals surface area contributed by atoms with E-state index in [1.165, 1.54) is 22.3 Å². The summed E-state index contributed by atoms with van der Waals surface area (Å²) in [5.41, 5.74) is 17.3. The molecule has 2 aliphatic rings. The third kappa shape index (κ3) is 4.54. The molecule has 0 heterocycles. The highest BCUT2D eigenvalue weighted by atomic mass is 16.1. The van der Waals surface area contributed by atoms with Crippen LogP contribution in [-0.2, 0) is 10.2 Å². The van der Waals surface area contributed by atoms with E-state index in [4.69, 9.17) is 11.5 Å². The van der Waals surface area contributed by atoms with E-state index < -0.39 is 0 Å². The minimum absolute atomic E-state index is 0.0949. The summed E-state index contributed by atoms with van der Waals surface area (Å²) in [4.78, 5) is 11.8. The molecule has 0 spiro atoms. The summed E-state index contributed by atoms with van der Waals surface area (Å²) in [6.07, 6.45) is 11.1. The molecule has 0 aromatic heterocycles. The molecule has 1 atom stereocenters. The van der Waals surface area contributed by atoms with Crippen molar-refractivity contribution in [3.63, 3.8) is 0 Å². The first-order valence-electron chi connectivity index (χ1n) is 10.1. The number of nitrogen functional groups attached to an aromatic ring is 1. The van der Waals surface area contributed by atoms with Crippen molar-refractivity contribution in [3.8, 4) is 0 Å². The van der Waals surface area contributed by atoms with E-state index in [0.29, 0.717) is 19.5 Å². The van der Waals surface area contributed by atoms with Gasteiger partial charge in [0.05, 0.1) is 0 Å². The quantitative estimate of drug-likeness (QED) is 0.412. The van der Waals surface area contributed by atoms with Gasteiger partial charge in [0.2, 0.25) is 5.91 Å². The second kappa shape index (κ2) is 8.76. The highest BCUT2D eigenvalue weighted by molar-refractivity contribution is 5.76. The predicted molar refractivity (Wildman–Crippen MR) is 117 cm³/mol. The van der Waals surface area contributed by atoms with Crippen molar-refractivity contribution in [2.75, 3.05) is 25.4 Å². The zero-order valence-electron chi connectivity index (χ0n) is 16.9. The third-order valence-corrected chi connectivity index (χ3v) is 5.54. The lowest BCUT2D eigenvalue weighted by atomic mass is 9.67. The van der Waals surface area contributed by atoms with Crippen molar-refractivity contribution < 1.29 is 4.79 Å². The van der Waals surface area contributed by atoms with Crippen LogP contribution in [0.2, 0.25) is 0 Å². The Morgan fingerprint density at radius 3 is 2.82 bits per heavy atom. The van der Waals surface area contributed by atoms with Crippen molar-refractivity contribution in [2.45, 2.75) is 44.6 Å². The Hall–Kier alpha value is -2.37. The first-order chi connectivity index (χ1) is 13.4. The van der Waals surface area contributed by atoms with E-state index in [9.17, 15) is 4.79 Å². The van der Waals surface area contributed by atoms with Crippen LogP contribution in [0.1, 0.15) is 44.2 Å². The summed E-state index contributed by atoms with van der Waals surface area (Å²) in [7, 11) is 0. The number of carbonyl (C=O) groups is 1. The molecule has 0 saturated heterocycles. The Labute approximate surface area is 167 Å². The van der Waals surface area contributed by atoms with Crippen molar-refractivity contribution in [2.24, 2.45) is 5.73 Å². The molecule has 0 saturated carbocycles. The van der Waals surface area contributed by atoms with Gasteiger partial charge in [-0.15, -0.1) is 0 Å². The predicted octanol–water partition coefficient (Wildman–Crippen LogP) is 2.64. The molecular weight excluding hydrogens is 348 g/mol. The Balaban J connectivity index is 1.59. The number of fused-ring (bicyclic) bond motifs is 2. The van der Waals surface area contributed by atoms with Gasteiger partial charge in [0.1, 0.15) is 0 Å².